The number of carbonyl (C=O) groups excluding carboxylic acids is 1. The molecule has 1 fully saturated rings. The van der Waals surface area contributed by atoms with Crippen LogP contribution in [0.25, 0.3) is 0 Å². The second-order valence-electron chi connectivity index (χ2n) is 4.97. The van der Waals surface area contributed by atoms with Crippen molar-refractivity contribution in [2.24, 2.45) is 0 Å². The summed E-state index contributed by atoms with van der Waals surface area (Å²) in [5, 5.41) is 6.14. The third kappa shape index (κ3) is 3.79. The summed E-state index contributed by atoms with van der Waals surface area (Å²) in [6, 6.07) is 5.80. The van der Waals surface area contributed by atoms with E-state index in [0.29, 0.717) is 11.8 Å². The highest BCUT2D eigenvalue weighted by Gasteiger charge is 2.17. The first-order valence-electron chi connectivity index (χ1n) is 6.98. The fraction of sp³-hybridized carbons (Fsp3) is 0.533. The molecule has 0 saturated heterocycles. The van der Waals surface area contributed by atoms with Crippen LogP contribution in [0.3, 0.4) is 0 Å². The van der Waals surface area contributed by atoms with Gasteiger partial charge in [-0.3, -0.25) is 4.79 Å². The molecule has 0 atom stereocenters. The molecule has 1 amide bonds. The van der Waals surface area contributed by atoms with Gasteiger partial charge in [0.05, 0.1) is 26.5 Å². The molecular weight excluding hydrogens is 256 g/mol. The second kappa shape index (κ2) is 7.03. The molecule has 0 spiro atoms. The van der Waals surface area contributed by atoms with E-state index < -0.39 is 0 Å². The van der Waals surface area contributed by atoms with Gasteiger partial charge in [0.2, 0.25) is 5.91 Å². The fourth-order valence-electron chi connectivity index (χ4n) is 2.48. The van der Waals surface area contributed by atoms with Gasteiger partial charge in [-0.1, -0.05) is 12.8 Å². The van der Waals surface area contributed by atoms with Gasteiger partial charge in [-0.2, -0.15) is 0 Å². The average molecular weight is 278 g/mol. The van der Waals surface area contributed by atoms with E-state index in [9.17, 15) is 4.79 Å². The number of nitrogens with one attached hydrogen (secondary N) is 2. The minimum absolute atomic E-state index is 0.0155. The standard InChI is InChI=1S/C15H22N2O3/c1-19-12-7-8-14(20-2)13(9-12)16-10-15(18)17-11-5-3-4-6-11/h7-9,11,16H,3-6,10H2,1-2H3,(H,17,18). The van der Waals surface area contributed by atoms with Crippen molar-refractivity contribution in [3.05, 3.63) is 18.2 Å². The van der Waals surface area contributed by atoms with Gasteiger partial charge in [0.25, 0.3) is 0 Å². The van der Waals surface area contributed by atoms with Crippen molar-refractivity contribution < 1.29 is 14.3 Å². The van der Waals surface area contributed by atoms with Crippen molar-refractivity contribution in [1.29, 1.82) is 0 Å². The van der Waals surface area contributed by atoms with Crippen LogP contribution in [-0.2, 0) is 4.79 Å². The molecule has 20 heavy (non-hydrogen) atoms. The Balaban J connectivity index is 1.90. The van der Waals surface area contributed by atoms with Crippen molar-refractivity contribution in [2.75, 3.05) is 26.1 Å². The second-order valence-corrected chi connectivity index (χ2v) is 4.97. The van der Waals surface area contributed by atoms with E-state index in [4.69, 9.17) is 9.47 Å². The van der Waals surface area contributed by atoms with Gasteiger partial charge in [-0.05, 0) is 25.0 Å². The number of ether oxygens (including phenoxy) is 2. The summed E-state index contributed by atoms with van der Waals surface area (Å²) in [5.74, 6) is 1.44. The summed E-state index contributed by atoms with van der Waals surface area (Å²) in [7, 11) is 3.21. The van der Waals surface area contributed by atoms with Crippen molar-refractivity contribution >= 4 is 11.6 Å². The van der Waals surface area contributed by atoms with E-state index in [2.05, 4.69) is 10.6 Å². The van der Waals surface area contributed by atoms with E-state index in [1.807, 2.05) is 18.2 Å². The molecule has 2 rings (SSSR count). The quantitative estimate of drug-likeness (QED) is 0.837. The van der Waals surface area contributed by atoms with Crippen LogP contribution in [0, 0.1) is 0 Å². The van der Waals surface area contributed by atoms with E-state index in [1.165, 1.54) is 12.8 Å². The molecule has 0 heterocycles. The minimum atomic E-state index is 0.0155. The average Bonchev–Trinajstić information content (AvgIpc) is 2.97. The van der Waals surface area contributed by atoms with Crippen molar-refractivity contribution in [1.82, 2.24) is 5.32 Å². The summed E-state index contributed by atoms with van der Waals surface area (Å²) in [6.07, 6.45) is 4.60. The maximum atomic E-state index is 11.9. The van der Waals surface area contributed by atoms with Crippen LogP contribution in [0.1, 0.15) is 25.7 Å². The van der Waals surface area contributed by atoms with Crippen molar-refractivity contribution in [3.8, 4) is 11.5 Å². The Labute approximate surface area is 119 Å². The van der Waals surface area contributed by atoms with Crippen molar-refractivity contribution in [3.63, 3.8) is 0 Å². The Morgan fingerprint density at radius 1 is 1.25 bits per heavy atom. The predicted molar refractivity (Wildman–Crippen MR) is 78.4 cm³/mol. The third-order valence-electron chi connectivity index (χ3n) is 3.57. The lowest BCUT2D eigenvalue weighted by Gasteiger charge is -2.15. The number of hydrogen-bond acceptors (Lipinski definition) is 4. The summed E-state index contributed by atoms with van der Waals surface area (Å²) < 4.78 is 10.4. The van der Waals surface area contributed by atoms with Crippen LogP contribution in [0.4, 0.5) is 5.69 Å². The summed E-state index contributed by atoms with van der Waals surface area (Å²) in [4.78, 5) is 11.9. The number of carbonyl (C=O) groups is 1. The zero-order valence-electron chi connectivity index (χ0n) is 12.1. The first-order chi connectivity index (χ1) is 9.72. The van der Waals surface area contributed by atoms with Crippen LogP contribution in [0.5, 0.6) is 11.5 Å². The number of methoxy groups -OCH3 is 2. The Bertz CT molecular complexity index is 456. The molecule has 110 valence electrons. The van der Waals surface area contributed by atoms with Gasteiger partial charge >= 0.3 is 0 Å². The fourth-order valence-corrected chi connectivity index (χ4v) is 2.48. The van der Waals surface area contributed by atoms with E-state index >= 15 is 0 Å². The highest BCUT2D eigenvalue weighted by Crippen LogP contribution is 2.28. The number of anilines is 1. The molecule has 1 aromatic carbocycles. The molecule has 0 aliphatic heterocycles. The smallest absolute Gasteiger partial charge is 0.239 e. The molecule has 1 aliphatic rings. The summed E-state index contributed by atoms with van der Waals surface area (Å²) >= 11 is 0. The molecule has 0 aromatic heterocycles. The molecule has 1 saturated carbocycles. The number of rotatable bonds is 6. The largest absolute Gasteiger partial charge is 0.497 e. The van der Waals surface area contributed by atoms with Gasteiger partial charge < -0.3 is 20.1 Å². The maximum Gasteiger partial charge on any atom is 0.239 e. The lowest BCUT2D eigenvalue weighted by Crippen LogP contribution is -2.36. The van der Waals surface area contributed by atoms with Gasteiger partial charge in [0, 0.05) is 12.1 Å². The third-order valence-corrected chi connectivity index (χ3v) is 3.57. The Morgan fingerprint density at radius 2 is 2.00 bits per heavy atom. The summed E-state index contributed by atoms with van der Waals surface area (Å²) in [5.41, 5.74) is 0.758. The molecule has 2 N–H and O–H groups in total. The summed E-state index contributed by atoms with van der Waals surface area (Å²) in [6.45, 7) is 0.236. The normalized spacial score (nSPS) is 14.9. The van der Waals surface area contributed by atoms with Gasteiger partial charge in [-0.25, -0.2) is 0 Å². The van der Waals surface area contributed by atoms with Crippen LogP contribution in [0.2, 0.25) is 0 Å². The van der Waals surface area contributed by atoms with Crippen molar-refractivity contribution in [2.45, 2.75) is 31.7 Å². The number of amides is 1. The SMILES string of the molecule is COc1ccc(OC)c(NCC(=O)NC2CCCC2)c1. The molecule has 0 radical (unpaired) electrons. The van der Waals surface area contributed by atoms with Crippen LogP contribution >= 0.6 is 0 Å². The lowest BCUT2D eigenvalue weighted by molar-refractivity contribution is -0.120. The molecule has 1 aromatic rings. The molecule has 1 aliphatic carbocycles. The zero-order valence-corrected chi connectivity index (χ0v) is 12.1. The Kier molecular flexibility index (Phi) is 5.09. The monoisotopic (exact) mass is 278 g/mol. The van der Waals surface area contributed by atoms with Crippen LogP contribution in [-0.4, -0.2) is 32.7 Å². The topological polar surface area (TPSA) is 59.6 Å². The predicted octanol–water partition coefficient (Wildman–Crippen LogP) is 2.17. The number of benzene rings is 1. The molecular formula is C15H22N2O3. The Morgan fingerprint density at radius 3 is 2.65 bits per heavy atom. The first-order valence-corrected chi connectivity index (χ1v) is 6.98. The van der Waals surface area contributed by atoms with Crippen LogP contribution in [0.15, 0.2) is 18.2 Å². The lowest BCUT2D eigenvalue weighted by atomic mass is 10.2. The van der Waals surface area contributed by atoms with Gasteiger partial charge in [-0.15, -0.1) is 0 Å². The molecule has 5 heteroatoms. The van der Waals surface area contributed by atoms with Gasteiger partial charge in [0.15, 0.2) is 0 Å². The maximum absolute atomic E-state index is 11.9. The molecule has 0 unspecified atom stereocenters. The number of hydrogen-bond donors (Lipinski definition) is 2. The zero-order chi connectivity index (χ0) is 14.4. The molecule has 5 nitrogen and oxygen atoms in total. The van der Waals surface area contributed by atoms with Gasteiger partial charge in [0.1, 0.15) is 11.5 Å². The molecule has 0 bridgehead atoms. The van der Waals surface area contributed by atoms with Crippen LogP contribution < -0.4 is 20.1 Å². The van der Waals surface area contributed by atoms with E-state index in [1.54, 1.807) is 14.2 Å². The first kappa shape index (κ1) is 14.5. The highest BCUT2D eigenvalue weighted by molar-refractivity contribution is 5.81. The highest BCUT2D eigenvalue weighted by atomic mass is 16.5. The van der Waals surface area contributed by atoms with E-state index in [-0.39, 0.29) is 12.5 Å². The Hall–Kier alpha value is -1.91. The minimum Gasteiger partial charge on any atom is -0.497 e. The van der Waals surface area contributed by atoms with E-state index in [0.717, 1.165) is 24.3 Å².